The van der Waals surface area contributed by atoms with E-state index in [9.17, 15) is 9.59 Å². The Kier molecular flexibility index (Phi) is 5.67. The zero-order valence-electron chi connectivity index (χ0n) is 13.8. The molecule has 0 spiro atoms. The molecule has 1 atom stereocenters. The van der Waals surface area contributed by atoms with Gasteiger partial charge >= 0.3 is 5.97 Å². The Bertz CT molecular complexity index is 779. The van der Waals surface area contributed by atoms with Gasteiger partial charge in [-0.3, -0.25) is 4.79 Å². The third-order valence-electron chi connectivity index (χ3n) is 4.23. The lowest BCUT2D eigenvalue weighted by atomic mass is 9.96. The van der Waals surface area contributed by atoms with E-state index in [-0.39, 0.29) is 5.78 Å². The summed E-state index contributed by atoms with van der Waals surface area (Å²) in [7, 11) is 0. The van der Waals surface area contributed by atoms with Crippen LogP contribution in [0.4, 0.5) is 0 Å². The van der Waals surface area contributed by atoms with Crippen molar-refractivity contribution in [2.24, 2.45) is 0 Å². The fraction of sp³-hybridized carbons (Fsp3) is 0.238. The van der Waals surface area contributed by atoms with Gasteiger partial charge in [-0.25, -0.2) is 4.79 Å². The summed E-state index contributed by atoms with van der Waals surface area (Å²) in [6.45, 7) is 0. The smallest absolute Gasteiger partial charge is 0.339 e. The molecule has 0 amide bonds. The molecular weight excluding hydrogens is 336 g/mol. The fourth-order valence-electron chi connectivity index (χ4n) is 2.87. The van der Waals surface area contributed by atoms with Crippen molar-refractivity contribution in [3.63, 3.8) is 0 Å². The molecule has 0 unspecified atom stereocenters. The molecule has 2 aromatic carbocycles. The Hall–Kier alpha value is -2.39. The van der Waals surface area contributed by atoms with E-state index >= 15 is 0 Å². The minimum Gasteiger partial charge on any atom is -0.451 e. The normalized spacial score (nSPS) is 18.0. The molecule has 4 heteroatoms. The van der Waals surface area contributed by atoms with Gasteiger partial charge in [-0.1, -0.05) is 54.1 Å². The standard InChI is InChI=1S/C21H19ClO3/c22-17-12-10-16(11-13-17)18(14-15-6-2-1-3-7-15)21(24)25-20-9-5-4-8-19(20)23/h1-3,6-7,10-14,20H,4-5,8-9H2/b18-14+/t20-/m0/s1. The van der Waals surface area contributed by atoms with Gasteiger partial charge in [0.1, 0.15) is 0 Å². The molecule has 0 saturated heterocycles. The Labute approximate surface area is 152 Å². The first kappa shape index (κ1) is 17.4. The maximum atomic E-state index is 12.8. The van der Waals surface area contributed by atoms with Gasteiger partial charge < -0.3 is 4.74 Å². The molecule has 1 saturated carbocycles. The van der Waals surface area contributed by atoms with Crippen molar-refractivity contribution in [3.05, 3.63) is 70.7 Å². The fourth-order valence-corrected chi connectivity index (χ4v) is 3.00. The van der Waals surface area contributed by atoms with Gasteiger partial charge in [0.2, 0.25) is 0 Å². The number of carbonyl (C=O) groups excluding carboxylic acids is 2. The number of Topliss-reactive ketones (excluding diaryl/α,β-unsaturated/α-hetero) is 1. The van der Waals surface area contributed by atoms with E-state index < -0.39 is 12.1 Å². The first-order chi connectivity index (χ1) is 12.1. The van der Waals surface area contributed by atoms with Crippen molar-refractivity contribution >= 4 is 35.0 Å². The van der Waals surface area contributed by atoms with Crippen LogP contribution in [0.25, 0.3) is 11.6 Å². The van der Waals surface area contributed by atoms with Crippen LogP contribution < -0.4 is 0 Å². The summed E-state index contributed by atoms with van der Waals surface area (Å²) >= 11 is 5.95. The van der Waals surface area contributed by atoms with Crippen molar-refractivity contribution in [2.75, 3.05) is 0 Å². The van der Waals surface area contributed by atoms with Crippen LogP contribution in [-0.4, -0.2) is 17.9 Å². The summed E-state index contributed by atoms with van der Waals surface area (Å²) in [5, 5.41) is 0.596. The molecular formula is C21H19ClO3. The molecule has 0 radical (unpaired) electrons. The maximum absolute atomic E-state index is 12.8. The van der Waals surface area contributed by atoms with Crippen molar-refractivity contribution in [1.29, 1.82) is 0 Å². The van der Waals surface area contributed by atoms with Crippen LogP contribution in [0.2, 0.25) is 5.02 Å². The van der Waals surface area contributed by atoms with Gasteiger partial charge in [0.05, 0.1) is 5.57 Å². The van der Waals surface area contributed by atoms with Crippen LogP contribution in [0.3, 0.4) is 0 Å². The van der Waals surface area contributed by atoms with E-state index in [1.54, 1.807) is 30.3 Å². The third kappa shape index (κ3) is 4.58. The Morgan fingerprint density at radius 3 is 2.44 bits per heavy atom. The highest BCUT2D eigenvalue weighted by molar-refractivity contribution is 6.30. The van der Waals surface area contributed by atoms with Crippen LogP contribution in [0, 0.1) is 0 Å². The lowest BCUT2D eigenvalue weighted by molar-refractivity contribution is -0.151. The van der Waals surface area contributed by atoms with Gasteiger partial charge in [-0.15, -0.1) is 0 Å². The largest absolute Gasteiger partial charge is 0.451 e. The highest BCUT2D eigenvalue weighted by Gasteiger charge is 2.27. The second-order valence-electron chi connectivity index (χ2n) is 6.08. The quantitative estimate of drug-likeness (QED) is 0.444. The highest BCUT2D eigenvalue weighted by Crippen LogP contribution is 2.25. The maximum Gasteiger partial charge on any atom is 0.339 e. The summed E-state index contributed by atoms with van der Waals surface area (Å²) in [6, 6.07) is 16.6. The zero-order valence-corrected chi connectivity index (χ0v) is 14.5. The Morgan fingerprint density at radius 1 is 1.04 bits per heavy atom. The molecule has 3 nitrogen and oxygen atoms in total. The monoisotopic (exact) mass is 354 g/mol. The summed E-state index contributed by atoms with van der Waals surface area (Å²) in [6.07, 6.45) is 4.01. The van der Waals surface area contributed by atoms with Gasteiger partial charge in [-0.05, 0) is 48.6 Å². The first-order valence-electron chi connectivity index (χ1n) is 8.40. The van der Waals surface area contributed by atoms with Gasteiger partial charge in [-0.2, -0.15) is 0 Å². The number of hydrogen-bond donors (Lipinski definition) is 0. The second-order valence-corrected chi connectivity index (χ2v) is 6.52. The molecule has 1 aliphatic carbocycles. The van der Waals surface area contributed by atoms with Crippen molar-refractivity contribution < 1.29 is 14.3 Å². The van der Waals surface area contributed by atoms with Gasteiger partial charge in [0.15, 0.2) is 11.9 Å². The SMILES string of the molecule is O=C(O[C@H]1CCCCC1=O)/C(=C/c1ccccc1)c1ccc(Cl)cc1. The van der Waals surface area contributed by atoms with E-state index in [1.807, 2.05) is 30.3 Å². The summed E-state index contributed by atoms with van der Waals surface area (Å²) < 4.78 is 5.53. The first-order valence-corrected chi connectivity index (χ1v) is 8.77. The van der Waals surface area contributed by atoms with Crippen LogP contribution in [0.5, 0.6) is 0 Å². The average Bonchev–Trinajstić information content (AvgIpc) is 2.63. The van der Waals surface area contributed by atoms with E-state index in [0.717, 1.165) is 18.4 Å². The summed E-state index contributed by atoms with van der Waals surface area (Å²) in [5.41, 5.74) is 2.02. The zero-order chi connectivity index (χ0) is 17.6. The second kappa shape index (κ2) is 8.13. The predicted octanol–water partition coefficient (Wildman–Crippen LogP) is 4.94. The number of halogens is 1. The van der Waals surface area contributed by atoms with Crippen LogP contribution in [0.15, 0.2) is 54.6 Å². The van der Waals surface area contributed by atoms with E-state index in [0.29, 0.717) is 29.0 Å². The molecule has 1 fully saturated rings. The number of ether oxygens (including phenoxy) is 1. The van der Waals surface area contributed by atoms with E-state index in [4.69, 9.17) is 16.3 Å². The highest BCUT2D eigenvalue weighted by atomic mass is 35.5. The third-order valence-corrected chi connectivity index (χ3v) is 4.49. The summed E-state index contributed by atoms with van der Waals surface area (Å²) in [5.74, 6) is -0.471. The van der Waals surface area contributed by atoms with Crippen LogP contribution in [-0.2, 0) is 14.3 Å². The molecule has 0 heterocycles. The van der Waals surface area contributed by atoms with E-state index in [2.05, 4.69) is 0 Å². The predicted molar refractivity (Wildman–Crippen MR) is 99.1 cm³/mol. The number of carbonyl (C=O) groups is 2. The molecule has 0 aliphatic heterocycles. The Balaban J connectivity index is 1.90. The number of rotatable bonds is 4. The molecule has 0 bridgehead atoms. The van der Waals surface area contributed by atoms with Crippen molar-refractivity contribution in [1.82, 2.24) is 0 Å². The summed E-state index contributed by atoms with van der Waals surface area (Å²) in [4.78, 5) is 24.7. The minimum atomic E-state index is -0.632. The van der Waals surface area contributed by atoms with Gasteiger partial charge in [0.25, 0.3) is 0 Å². The molecule has 128 valence electrons. The lowest BCUT2D eigenvalue weighted by Gasteiger charge is -2.21. The van der Waals surface area contributed by atoms with Crippen molar-refractivity contribution in [2.45, 2.75) is 31.8 Å². The van der Waals surface area contributed by atoms with Crippen LogP contribution in [0.1, 0.15) is 36.8 Å². The lowest BCUT2D eigenvalue weighted by Crippen LogP contribution is -2.30. The molecule has 1 aliphatic rings. The molecule has 2 aromatic rings. The average molecular weight is 355 g/mol. The number of hydrogen-bond acceptors (Lipinski definition) is 3. The number of esters is 1. The van der Waals surface area contributed by atoms with Crippen molar-refractivity contribution in [3.8, 4) is 0 Å². The molecule has 25 heavy (non-hydrogen) atoms. The molecule has 3 rings (SSSR count). The van der Waals surface area contributed by atoms with E-state index in [1.165, 1.54) is 0 Å². The number of ketones is 1. The topological polar surface area (TPSA) is 43.4 Å². The van der Waals surface area contributed by atoms with Crippen LogP contribution >= 0.6 is 11.6 Å². The number of benzene rings is 2. The Morgan fingerprint density at radius 2 is 1.76 bits per heavy atom. The molecule has 0 N–H and O–H groups in total. The minimum absolute atomic E-state index is 0.00904. The van der Waals surface area contributed by atoms with Gasteiger partial charge in [0, 0.05) is 11.4 Å². The molecule has 0 aromatic heterocycles.